The Hall–Kier alpha value is -2.33. The fourth-order valence-electron chi connectivity index (χ4n) is 2.04. The van der Waals surface area contributed by atoms with Gasteiger partial charge in [-0.05, 0) is 24.3 Å². The number of fused-ring (bicyclic) bond motifs is 1. The first kappa shape index (κ1) is 12.7. The maximum Gasteiger partial charge on any atom is 0.341 e. The van der Waals surface area contributed by atoms with Crippen LogP contribution in [0.2, 0.25) is 5.02 Å². The van der Waals surface area contributed by atoms with Crippen LogP contribution in [0.25, 0.3) is 16.9 Å². The fraction of sp³-hybridized carbons (Fsp3) is 0.0667. The van der Waals surface area contributed by atoms with Crippen LogP contribution in [-0.4, -0.2) is 22.5 Å². The van der Waals surface area contributed by atoms with Crippen molar-refractivity contribution >= 4 is 23.2 Å². The second-order valence-corrected chi connectivity index (χ2v) is 4.71. The lowest BCUT2D eigenvalue weighted by Crippen LogP contribution is -2.03. The summed E-state index contributed by atoms with van der Waals surface area (Å²) in [5.74, 6) is -0.399. The molecule has 2 aromatic heterocycles. The lowest BCUT2D eigenvalue weighted by molar-refractivity contribution is 0.0602. The number of hydrogen-bond donors (Lipinski definition) is 0. The third-order valence-electron chi connectivity index (χ3n) is 3.03. The zero-order valence-electron chi connectivity index (χ0n) is 10.7. The van der Waals surface area contributed by atoms with Crippen molar-refractivity contribution in [1.82, 2.24) is 9.38 Å². The molecule has 5 heteroatoms. The SMILES string of the molecule is COC(=O)c1cccn2cc(-c3ccc(Cl)cc3)nc12. The standard InChI is InChI=1S/C15H11ClN2O2/c1-20-15(19)12-3-2-8-18-9-13(17-14(12)18)10-4-6-11(16)7-5-10/h2-9H,1H3. The number of ether oxygens (including phenoxy) is 1. The molecule has 0 fully saturated rings. The Labute approximate surface area is 120 Å². The Balaban J connectivity index is 2.15. The Bertz CT molecular complexity index is 778. The summed E-state index contributed by atoms with van der Waals surface area (Å²) in [7, 11) is 1.36. The highest BCUT2D eigenvalue weighted by Crippen LogP contribution is 2.22. The number of imidazole rings is 1. The molecule has 4 nitrogen and oxygen atoms in total. The first-order valence-corrected chi connectivity index (χ1v) is 6.39. The third kappa shape index (κ3) is 2.14. The molecule has 0 amide bonds. The summed E-state index contributed by atoms with van der Waals surface area (Å²) in [4.78, 5) is 16.2. The van der Waals surface area contributed by atoms with Crippen LogP contribution in [0.1, 0.15) is 10.4 Å². The van der Waals surface area contributed by atoms with Crippen molar-refractivity contribution in [2.45, 2.75) is 0 Å². The molecule has 0 unspecified atom stereocenters. The van der Waals surface area contributed by atoms with Crippen LogP contribution in [0.3, 0.4) is 0 Å². The maximum atomic E-state index is 11.7. The second kappa shape index (κ2) is 4.98. The van der Waals surface area contributed by atoms with E-state index >= 15 is 0 Å². The van der Waals surface area contributed by atoms with Gasteiger partial charge in [-0.2, -0.15) is 0 Å². The topological polar surface area (TPSA) is 43.6 Å². The van der Waals surface area contributed by atoms with Crippen LogP contribution in [0.4, 0.5) is 0 Å². The third-order valence-corrected chi connectivity index (χ3v) is 3.28. The van der Waals surface area contributed by atoms with Gasteiger partial charge in [0.1, 0.15) is 5.56 Å². The number of carbonyl (C=O) groups is 1. The number of nitrogens with zero attached hydrogens (tertiary/aromatic N) is 2. The molecular weight excluding hydrogens is 276 g/mol. The predicted molar refractivity (Wildman–Crippen MR) is 77.0 cm³/mol. The van der Waals surface area contributed by atoms with E-state index in [9.17, 15) is 4.79 Å². The lowest BCUT2D eigenvalue weighted by atomic mass is 10.2. The number of hydrogen-bond acceptors (Lipinski definition) is 3. The van der Waals surface area contributed by atoms with Gasteiger partial charge in [0.2, 0.25) is 0 Å². The van der Waals surface area contributed by atoms with Gasteiger partial charge in [0, 0.05) is 23.0 Å². The average Bonchev–Trinajstić information content (AvgIpc) is 2.91. The van der Waals surface area contributed by atoms with E-state index in [2.05, 4.69) is 4.98 Å². The summed E-state index contributed by atoms with van der Waals surface area (Å²) < 4.78 is 6.57. The molecule has 2 heterocycles. The van der Waals surface area contributed by atoms with Gasteiger partial charge in [-0.15, -0.1) is 0 Å². The fourth-order valence-corrected chi connectivity index (χ4v) is 2.17. The van der Waals surface area contributed by atoms with Crippen molar-refractivity contribution in [2.24, 2.45) is 0 Å². The van der Waals surface area contributed by atoms with Crippen molar-refractivity contribution < 1.29 is 9.53 Å². The van der Waals surface area contributed by atoms with Gasteiger partial charge in [0.25, 0.3) is 0 Å². The van der Waals surface area contributed by atoms with Gasteiger partial charge in [-0.1, -0.05) is 23.7 Å². The molecule has 1 aromatic carbocycles. The smallest absolute Gasteiger partial charge is 0.341 e. The first-order chi connectivity index (χ1) is 9.69. The summed E-state index contributed by atoms with van der Waals surface area (Å²) >= 11 is 5.88. The molecule has 20 heavy (non-hydrogen) atoms. The Morgan fingerprint density at radius 1 is 1.25 bits per heavy atom. The largest absolute Gasteiger partial charge is 0.465 e. The van der Waals surface area contributed by atoms with Crippen LogP contribution < -0.4 is 0 Å². The van der Waals surface area contributed by atoms with E-state index in [1.54, 1.807) is 16.5 Å². The quantitative estimate of drug-likeness (QED) is 0.678. The van der Waals surface area contributed by atoms with Crippen molar-refractivity contribution in [3.05, 3.63) is 59.4 Å². The number of pyridine rings is 1. The molecule has 3 rings (SSSR count). The molecule has 0 aliphatic carbocycles. The zero-order valence-corrected chi connectivity index (χ0v) is 11.5. The number of methoxy groups -OCH3 is 1. The van der Waals surface area contributed by atoms with Gasteiger partial charge in [-0.25, -0.2) is 9.78 Å². The highest BCUT2D eigenvalue weighted by atomic mass is 35.5. The normalized spacial score (nSPS) is 10.7. The van der Waals surface area contributed by atoms with E-state index in [4.69, 9.17) is 16.3 Å². The molecule has 0 N–H and O–H groups in total. The van der Waals surface area contributed by atoms with Crippen molar-refractivity contribution in [3.8, 4) is 11.3 Å². The monoisotopic (exact) mass is 286 g/mol. The molecule has 0 aliphatic heterocycles. The first-order valence-electron chi connectivity index (χ1n) is 6.01. The maximum absolute atomic E-state index is 11.7. The molecule has 3 aromatic rings. The average molecular weight is 287 g/mol. The molecule has 0 aliphatic rings. The minimum absolute atomic E-state index is 0.399. The Morgan fingerprint density at radius 2 is 2.00 bits per heavy atom. The van der Waals surface area contributed by atoms with Crippen LogP contribution in [0.15, 0.2) is 48.8 Å². The van der Waals surface area contributed by atoms with Gasteiger partial charge < -0.3 is 9.14 Å². The zero-order chi connectivity index (χ0) is 14.1. The molecular formula is C15H11ClN2O2. The van der Waals surface area contributed by atoms with Crippen molar-refractivity contribution in [1.29, 1.82) is 0 Å². The van der Waals surface area contributed by atoms with Crippen LogP contribution in [0.5, 0.6) is 0 Å². The van der Waals surface area contributed by atoms with E-state index in [0.717, 1.165) is 11.3 Å². The summed E-state index contributed by atoms with van der Waals surface area (Å²) in [6.07, 6.45) is 3.71. The Morgan fingerprint density at radius 3 is 2.70 bits per heavy atom. The summed E-state index contributed by atoms with van der Waals surface area (Å²) in [5.41, 5.74) is 2.73. The summed E-state index contributed by atoms with van der Waals surface area (Å²) in [5, 5.41) is 0.674. The summed E-state index contributed by atoms with van der Waals surface area (Å²) in [6.45, 7) is 0. The van der Waals surface area contributed by atoms with Crippen LogP contribution in [0, 0.1) is 0 Å². The van der Waals surface area contributed by atoms with E-state index in [0.29, 0.717) is 16.2 Å². The highest BCUT2D eigenvalue weighted by molar-refractivity contribution is 6.30. The molecule has 0 atom stereocenters. The van der Waals surface area contributed by atoms with Crippen molar-refractivity contribution in [2.75, 3.05) is 7.11 Å². The van der Waals surface area contributed by atoms with E-state index in [1.165, 1.54) is 7.11 Å². The number of rotatable bonds is 2. The second-order valence-electron chi connectivity index (χ2n) is 4.28. The molecule has 0 saturated carbocycles. The number of carbonyl (C=O) groups excluding carboxylic acids is 1. The number of halogens is 1. The van der Waals surface area contributed by atoms with E-state index < -0.39 is 5.97 Å². The predicted octanol–water partition coefficient (Wildman–Crippen LogP) is 3.44. The minimum atomic E-state index is -0.399. The number of esters is 1. The van der Waals surface area contributed by atoms with Gasteiger partial charge in [0.15, 0.2) is 5.65 Å². The van der Waals surface area contributed by atoms with Crippen LogP contribution >= 0.6 is 11.6 Å². The number of benzene rings is 1. The molecule has 0 spiro atoms. The van der Waals surface area contributed by atoms with Gasteiger partial charge in [0.05, 0.1) is 12.8 Å². The minimum Gasteiger partial charge on any atom is -0.465 e. The molecule has 0 radical (unpaired) electrons. The van der Waals surface area contributed by atoms with E-state index in [-0.39, 0.29) is 0 Å². The molecule has 100 valence electrons. The number of aromatic nitrogens is 2. The van der Waals surface area contributed by atoms with Gasteiger partial charge in [-0.3, -0.25) is 0 Å². The molecule has 0 saturated heterocycles. The lowest BCUT2D eigenvalue weighted by Gasteiger charge is -2.00. The van der Waals surface area contributed by atoms with E-state index in [1.807, 2.05) is 36.7 Å². The summed E-state index contributed by atoms with van der Waals surface area (Å²) in [6, 6.07) is 10.9. The van der Waals surface area contributed by atoms with Gasteiger partial charge >= 0.3 is 5.97 Å². The Kier molecular flexibility index (Phi) is 3.16. The van der Waals surface area contributed by atoms with Crippen molar-refractivity contribution in [3.63, 3.8) is 0 Å². The van der Waals surface area contributed by atoms with Crippen LogP contribution in [-0.2, 0) is 4.74 Å². The highest BCUT2D eigenvalue weighted by Gasteiger charge is 2.13. The molecule has 0 bridgehead atoms.